The third kappa shape index (κ3) is 6.10. The van der Waals surface area contributed by atoms with Crippen molar-refractivity contribution < 1.29 is 59.2 Å². The van der Waals surface area contributed by atoms with Gasteiger partial charge in [-0.15, -0.1) is 0 Å². The minimum atomic E-state index is -1.90. The quantitative estimate of drug-likeness (QED) is 0.120. The molecular formula is C30H26O13. The van der Waals surface area contributed by atoms with Gasteiger partial charge in [0.05, 0.1) is 6.61 Å². The molecule has 43 heavy (non-hydrogen) atoms. The molecule has 0 bridgehead atoms. The molecule has 1 aromatic heterocycles. The van der Waals surface area contributed by atoms with Crippen LogP contribution in [0.4, 0.5) is 0 Å². The lowest BCUT2D eigenvalue weighted by molar-refractivity contribution is -0.280. The third-order valence-corrected chi connectivity index (χ3v) is 6.66. The number of aliphatic hydroxyl groups excluding tert-OH is 3. The summed E-state index contributed by atoms with van der Waals surface area (Å²) in [5, 5.41) is 70.6. The van der Waals surface area contributed by atoms with Crippen molar-refractivity contribution in [1.29, 1.82) is 0 Å². The zero-order valence-electron chi connectivity index (χ0n) is 22.1. The Morgan fingerprint density at radius 3 is 2.19 bits per heavy atom. The van der Waals surface area contributed by atoms with E-state index in [0.29, 0.717) is 5.56 Å². The summed E-state index contributed by atoms with van der Waals surface area (Å²) in [5.74, 6) is -2.89. The molecule has 1 aliphatic rings. The Hall–Kier alpha value is -5.08. The zero-order valence-corrected chi connectivity index (χ0v) is 22.1. The van der Waals surface area contributed by atoms with Crippen molar-refractivity contribution in [3.63, 3.8) is 0 Å². The van der Waals surface area contributed by atoms with Crippen LogP contribution in [0.1, 0.15) is 5.56 Å². The molecule has 5 atom stereocenters. The average molecular weight is 595 g/mol. The number of rotatable bonds is 7. The highest BCUT2D eigenvalue weighted by Gasteiger charge is 2.48. The van der Waals surface area contributed by atoms with Crippen LogP contribution in [0, 0.1) is 0 Å². The van der Waals surface area contributed by atoms with Crippen LogP contribution in [0.3, 0.4) is 0 Å². The number of aliphatic hydroxyl groups is 3. The number of esters is 1. The van der Waals surface area contributed by atoms with E-state index in [9.17, 15) is 45.3 Å². The van der Waals surface area contributed by atoms with E-state index in [2.05, 4.69) is 0 Å². The van der Waals surface area contributed by atoms with Gasteiger partial charge in [0.2, 0.25) is 17.5 Å². The summed E-state index contributed by atoms with van der Waals surface area (Å²) in [6.07, 6.45) is -6.15. The molecule has 5 rings (SSSR count). The van der Waals surface area contributed by atoms with Crippen LogP contribution in [0.15, 0.2) is 76.0 Å². The number of carbonyl (C=O) groups excluding carboxylic acids is 1. The summed E-state index contributed by atoms with van der Waals surface area (Å²) in [5.41, 5.74) is -0.395. The fourth-order valence-electron chi connectivity index (χ4n) is 4.51. The van der Waals surface area contributed by atoms with Gasteiger partial charge in [-0.05, 0) is 48.0 Å². The van der Waals surface area contributed by atoms with E-state index >= 15 is 0 Å². The maximum Gasteiger partial charge on any atom is 0.331 e. The molecule has 0 aliphatic carbocycles. The van der Waals surface area contributed by atoms with Crippen molar-refractivity contribution in [2.45, 2.75) is 30.7 Å². The molecule has 4 aromatic rings. The molecule has 224 valence electrons. The number of carbonyl (C=O) groups is 1. The second-order valence-corrected chi connectivity index (χ2v) is 9.63. The molecule has 7 N–H and O–H groups in total. The van der Waals surface area contributed by atoms with Gasteiger partial charge in [0, 0.05) is 23.8 Å². The van der Waals surface area contributed by atoms with Crippen molar-refractivity contribution in [2.75, 3.05) is 6.61 Å². The summed E-state index contributed by atoms with van der Waals surface area (Å²) < 4.78 is 22.4. The molecule has 1 fully saturated rings. The standard InChI is InChI=1S/C30H26O13/c31-13-21-24(37)28(42-22(36)10-3-14-1-6-16(32)7-2-14)26(39)30(41-21)43-29-25(38)23-19(35)11-18(34)12-20(23)40-27(29)15-4-8-17(33)9-5-15/h1-12,21,24,26,28,30-35,37,39H,13H2/t21-,24-,26-,28+,30+/m0/s1. The first-order chi connectivity index (χ1) is 20.5. The van der Waals surface area contributed by atoms with E-state index in [-0.39, 0.29) is 33.8 Å². The maximum atomic E-state index is 13.6. The van der Waals surface area contributed by atoms with Gasteiger partial charge >= 0.3 is 5.97 Å². The molecule has 1 aliphatic heterocycles. The Morgan fingerprint density at radius 2 is 1.53 bits per heavy atom. The molecule has 0 saturated carbocycles. The lowest BCUT2D eigenvalue weighted by atomic mass is 9.99. The lowest BCUT2D eigenvalue weighted by Crippen LogP contribution is -2.61. The van der Waals surface area contributed by atoms with E-state index in [1.54, 1.807) is 0 Å². The largest absolute Gasteiger partial charge is 0.508 e. The van der Waals surface area contributed by atoms with Crippen molar-refractivity contribution in [2.24, 2.45) is 0 Å². The van der Waals surface area contributed by atoms with Crippen LogP contribution in [0.5, 0.6) is 28.7 Å². The fourth-order valence-corrected chi connectivity index (χ4v) is 4.51. The first-order valence-electron chi connectivity index (χ1n) is 12.8. The van der Waals surface area contributed by atoms with Gasteiger partial charge in [0.25, 0.3) is 0 Å². The van der Waals surface area contributed by atoms with Gasteiger partial charge in [0.1, 0.15) is 46.2 Å². The number of benzene rings is 3. The molecule has 0 spiro atoms. The van der Waals surface area contributed by atoms with E-state index in [1.165, 1.54) is 54.6 Å². The van der Waals surface area contributed by atoms with Gasteiger partial charge in [-0.25, -0.2) is 4.79 Å². The van der Waals surface area contributed by atoms with Crippen LogP contribution in [0.25, 0.3) is 28.4 Å². The van der Waals surface area contributed by atoms with E-state index in [1.807, 2.05) is 0 Å². The average Bonchev–Trinajstić information content (AvgIpc) is 2.97. The second kappa shape index (κ2) is 12.0. The Balaban J connectivity index is 1.49. The summed E-state index contributed by atoms with van der Waals surface area (Å²) in [6, 6.07) is 13.3. The Morgan fingerprint density at radius 1 is 0.884 bits per heavy atom. The molecule has 1 saturated heterocycles. The highest BCUT2D eigenvalue weighted by molar-refractivity contribution is 5.88. The molecule has 2 heterocycles. The molecule has 13 heteroatoms. The third-order valence-electron chi connectivity index (χ3n) is 6.66. The highest BCUT2D eigenvalue weighted by Crippen LogP contribution is 2.37. The second-order valence-electron chi connectivity index (χ2n) is 9.63. The number of aromatic hydroxyl groups is 4. The van der Waals surface area contributed by atoms with Crippen molar-refractivity contribution in [3.8, 4) is 40.1 Å². The van der Waals surface area contributed by atoms with E-state index in [4.69, 9.17) is 18.6 Å². The van der Waals surface area contributed by atoms with Gasteiger partial charge in [0.15, 0.2) is 18.0 Å². The number of hydrogen-bond acceptors (Lipinski definition) is 13. The Bertz CT molecular complexity index is 1710. The lowest BCUT2D eigenvalue weighted by Gasteiger charge is -2.41. The number of ether oxygens (including phenoxy) is 3. The molecule has 13 nitrogen and oxygen atoms in total. The van der Waals surface area contributed by atoms with E-state index < -0.39 is 66.0 Å². The first kappa shape index (κ1) is 29.4. The predicted molar refractivity (Wildman–Crippen MR) is 148 cm³/mol. The van der Waals surface area contributed by atoms with Gasteiger partial charge in [-0.2, -0.15) is 0 Å². The van der Waals surface area contributed by atoms with Crippen molar-refractivity contribution in [1.82, 2.24) is 0 Å². The summed E-state index contributed by atoms with van der Waals surface area (Å²) in [6.45, 7) is -0.789. The molecule has 0 radical (unpaired) electrons. The molecule has 0 unspecified atom stereocenters. The van der Waals surface area contributed by atoms with Crippen molar-refractivity contribution in [3.05, 3.63) is 82.5 Å². The van der Waals surface area contributed by atoms with Crippen LogP contribution in [-0.2, 0) is 14.3 Å². The number of fused-ring (bicyclic) bond motifs is 1. The fraction of sp³-hybridized carbons (Fsp3) is 0.200. The first-order valence-corrected chi connectivity index (χ1v) is 12.8. The topological polar surface area (TPSA) is 217 Å². The smallest absolute Gasteiger partial charge is 0.331 e. The normalized spacial score (nSPS) is 22.1. The van der Waals surface area contributed by atoms with Crippen LogP contribution in [0.2, 0.25) is 0 Å². The summed E-state index contributed by atoms with van der Waals surface area (Å²) >= 11 is 0. The monoisotopic (exact) mass is 594 g/mol. The number of phenolic OH excluding ortho intramolecular Hbond substituents is 4. The van der Waals surface area contributed by atoms with Gasteiger partial charge in [-0.1, -0.05) is 12.1 Å². The predicted octanol–water partition coefficient (Wildman–Crippen LogP) is 1.73. The summed E-state index contributed by atoms with van der Waals surface area (Å²) in [4.78, 5) is 26.2. The van der Waals surface area contributed by atoms with E-state index in [0.717, 1.165) is 18.2 Å². The van der Waals surface area contributed by atoms with Gasteiger partial charge in [-0.3, -0.25) is 4.79 Å². The van der Waals surface area contributed by atoms with Crippen LogP contribution >= 0.6 is 0 Å². The Kier molecular flexibility index (Phi) is 8.23. The summed E-state index contributed by atoms with van der Waals surface area (Å²) in [7, 11) is 0. The SMILES string of the molecule is O=C(C=Cc1ccc(O)cc1)O[C@H]1[C@H](O)[C@@H](Oc2c(-c3ccc(O)cc3)oc3cc(O)cc(O)c3c2=O)O[C@@H](CO)[C@@H]1O. The van der Waals surface area contributed by atoms with Gasteiger partial charge < -0.3 is 54.4 Å². The molecule has 3 aromatic carbocycles. The van der Waals surface area contributed by atoms with Crippen LogP contribution in [-0.4, -0.2) is 79.0 Å². The Labute approximate surface area is 242 Å². The minimum absolute atomic E-state index is 0.0247. The number of phenols is 4. The minimum Gasteiger partial charge on any atom is -0.508 e. The maximum absolute atomic E-state index is 13.6. The zero-order chi connectivity index (χ0) is 30.8. The molecular weight excluding hydrogens is 568 g/mol. The molecule has 0 amide bonds. The van der Waals surface area contributed by atoms with Crippen LogP contribution < -0.4 is 10.2 Å². The highest BCUT2D eigenvalue weighted by atomic mass is 16.7. The van der Waals surface area contributed by atoms with Crippen molar-refractivity contribution >= 4 is 23.0 Å². The number of hydrogen-bond donors (Lipinski definition) is 7.